The first-order valence-electron chi connectivity index (χ1n) is 12.7. The molecule has 3 fully saturated rings. The van der Waals surface area contributed by atoms with Gasteiger partial charge in [-0.15, -0.1) is 0 Å². The van der Waals surface area contributed by atoms with Crippen LogP contribution in [0.15, 0.2) is 24.3 Å². The molecule has 8 nitrogen and oxygen atoms in total. The molecule has 0 aromatic heterocycles. The van der Waals surface area contributed by atoms with Crippen molar-refractivity contribution in [3.8, 4) is 17.2 Å². The Morgan fingerprint density at radius 3 is 2.29 bits per heavy atom. The molecular formula is C27H35NO7. The van der Waals surface area contributed by atoms with Crippen molar-refractivity contribution < 1.29 is 33.6 Å². The second-order valence-corrected chi connectivity index (χ2v) is 10.2. The molecule has 2 aliphatic heterocycles. The van der Waals surface area contributed by atoms with Crippen molar-refractivity contribution in [1.29, 1.82) is 0 Å². The molecule has 5 rings (SSSR count). The van der Waals surface area contributed by atoms with Crippen LogP contribution in [0.1, 0.15) is 47.5 Å². The number of hydrogen-bond donors (Lipinski definition) is 1. The minimum Gasteiger partial charge on any atom is -0.494 e. The van der Waals surface area contributed by atoms with Crippen molar-refractivity contribution in [3.63, 3.8) is 0 Å². The molecule has 1 aromatic carbocycles. The monoisotopic (exact) mass is 485 g/mol. The Morgan fingerprint density at radius 1 is 1.06 bits per heavy atom. The standard InChI is InChI=1S/C27H35NO7/c1-6-32-17-13-19(33-7-2)22(20(14-17)34-8-3)28-15-26(28)18-10-9-16(4)27(31)12-11-21(29)25(27,5)23(18)35-24(26)30/h11-14,16,18,23,31H,6-10,15H2,1-5H3/t16-,18?,23?,25-,26?,27+,28?/m0/s1. The van der Waals surface area contributed by atoms with Crippen molar-refractivity contribution in [1.82, 2.24) is 0 Å². The quantitative estimate of drug-likeness (QED) is 0.465. The van der Waals surface area contributed by atoms with E-state index in [-0.39, 0.29) is 23.6 Å². The van der Waals surface area contributed by atoms with E-state index in [4.69, 9.17) is 18.9 Å². The van der Waals surface area contributed by atoms with Gasteiger partial charge in [0.25, 0.3) is 0 Å². The Balaban J connectivity index is 1.59. The van der Waals surface area contributed by atoms with Gasteiger partial charge < -0.3 is 29.0 Å². The van der Waals surface area contributed by atoms with E-state index in [2.05, 4.69) is 0 Å². The number of aliphatic hydroxyl groups is 1. The third-order valence-corrected chi connectivity index (χ3v) is 8.60. The first kappa shape index (κ1) is 24.0. The molecule has 1 saturated carbocycles. The van der Waals surface area contributed by atoms with Crippen LogP contribution in [0.3, 0.4) is 0 Å². The molecule has 6 atom stereocenters. The van der Waals surface area contributed by atoms with Gasteiger partial charge >= 0.3 is 5.97 Å². The number of ether oxygens (including phenoxy) is 4. The number of nitrogens with zero attached hydrogens (tertiary/aromatic N) is 1. The van der Waals surface area contributed by atoms with Gasteiger partial charge in [0.15, 0.2) is 11.3 Å². The Morgan fingerprint density at radius 2 is 1.69 bits per heavy atom. The van der Waals surface area contributed by atoms with E-state index in [1.165, 1.54) is 6.08 Å². The van der Waals surface area contributed by atoms with Gasteiger partial charge in [-0.1, -0.05) is 6.92 Å². The Bertz CT molecular complexity index is 1060. The van der Waals surface area contributed by atoms with Crippen molar-refractivity contribution in [2.24, 2.45) is 17.3 Å². The normalized spacial score (nSPS) is 37.1. The minimum absolute atomic E-state index is 0.146. The van der Waals surface area contributed by atoms with E-state index in [0.29, 0.717) is 62.1 Å². The van der Waals surface area contributed by atoms with Crippen LogP contribution in [-0.2, 0) is 14.3 Å². The maximum atomic E-state index is 13.6. The molecule has 190 valence electrons. The Labute approximate surface area is 206 Å². The molecule has 1 aromatic rings. The van der Waals surface area contributed by atoms with Gasteiger partial charge in [-0.2, -0.15) is 0 Å². The number of allylic oxidation sites excluding steroid dienone is 1. The summed E-state index contributed by atoms with van der Waals surface area (Å²) in [5.74, 6) is 0.852. The molecule has 1 N–H and O–H groups in total. The molecule has 2 aliphatic carbocycles. The summed E-state index contributed by atoms with van der Waals surface area (Å²) in [6, 6.07) is 3.66. The van der Waals surface area contributed by atoms with Crippen LogP contribution >= 0.6 is 0 Å². The molecule has 3 unspecified atom stereocenters. The van der Waals surface area contributed by atoms with E-state index in [0.717, 1.165) is 0 Å². The number of hydrogen-bond acceptors (Lipinski definition) is 8. The summed E-state index contributed by atoms with van der Waals surface area (Å²) in [5.41, 5.74) is -2.79. The second-order valence-electron chi connectivity index (χ2n) is 10.2. The van der Waals surface area contributed by atoms with E-state index >= 15 is 0 Å². The van der Waals surface area contributed by atoms with Gasteiger partial charge in [-0.05, 0) is 58.6 Å². The van der Waals surface area contributed by atoms with Crippen LogP contribution in [0.4, 0.5) is 5.69 Å². The largest absolute Gasteiger partial charge is 0.494 e. The summed E-state index contributed by atoms with van der Waals surface area (Å²) in [5, 5.41) is 11.6. The molecule has 8 heteroatoms. The van der Waals surface area contributed by atoms with Crippen molar-refractivity contribution in [3.05, 3.63) is 24.3 Å². The highest BCUT2D eigenvalue weighted by Crippen LogP contribution is 2.63. The van der Waals surface area contributed by atoms with E-state index in [1.807, 2.05) is 44.7 Å². The van der Waals surface area contributed by atoms with Crippen molar-refractivity contribution in [2.45, 2.75) is 64.7 Å². The van der Waals surface area contributed by atoms with Gasteiger partial charge in [0.05, 0.1) is 31.8 Å². The fraction of sp³-hybridized carbons (Fsp3) is 0.630. The number of ketones is 1. The highest BCUT2D eigenvalue weighted by Gasteiger charge is 2.78. The first-order valence-corrected chi connectivity index (χ1v) is 12.7. The molecule has 0 amide bonds. The second kappa shape index (κ2) is 8.15. The summed E-state index contributed by atoms with van der Waals surface area (Å²) in [6.07, 6.45) is 3.69. The van der Waals surface area contributed by atoms with Crippen LogP contribution in [-0.4, -0.2) is 60.5 Å². The van der Waals surface area contributed by atoms with Crippen LogP contribution in [0.5, 0.6) is 17.2 Å². The zero-order valence-corrected chi connectivity index (χ0v) is 21.1. The van der Waals surface area contributed by atoms with Crippen LogP contribution in [0.2, 0.25) is 0 Å². The number of carbonyl (C=O) groups is 2. The molecule has 2 saturated heterocycles. The first-order chi connectivity index (χ1) is 16.7. The lowest BCUT2D eigenvalue weighted by atomic mass is 9.64. The predicted molar refractivity (Wildman–Crippen MR) is 129 cm³/mol. The highest BCUT2D eigenvalue weighted by molar-refractivity contribution is 6.02. The van der Waals surface area contributed by atoms with Gasteiger partial charge in [0.1, 0.15) is 34.6 Å². The van der Waals surface area contributed by atoms with Gasteiger partial charge in [0.2, 0.25) is 0 Å². The van der Waals surface area contributed by atoms with Crippen molar-refractivity contribution >= 4 is 17.4 Å². The average Bonchev–Trinajstić information content (AvgIpc) is 3.44. The molecule has 2 heterocycles. The SMILES string of the molecule is CCOc1cc(OCC)c(N2CC23C(=O)OC2C3CC[C@H](C)[C@]3(O)C=CC(=O)[C@@]23C)c(OCC)c1. The number of anilines is 1. The number of esters is 1. The van der Waals surface area contributed by atoms with Gasteiger partial charge in [-0.25, -0.2) is 4.79 Å². The molecule has 0 radical (unpaired) electrons. The van der Waals surface area contributed by atoms with Crippen LogP contribution in [0.25, 0.3) is 0 Å². The molecule has 0 bridgehead atoms. The Hall–Kier alpha value is -2.74. The van der Waals surface area contributed by atoms with Crippen LogP contribution in [0, 0.1) is 17.3 Å². The maximum absolute atomic E-state index is 13.6. The highest BCUT2D eigenvalue weighted by atomic mass is 16.6. The maximum Gasteiger partial charge on any atom is 0.334 e. The minimum atomic E-state index is -1.35. The van der Waals surface area contributed by atoms with Gasteiger partial charge in [-0.3, -0.25) is 4.79 Å². The van der Waals surface area contributed by atoms with Crippen molar-refractivity contribution in [2.75, 3.05) is 31.3 Å². The number of rotatable bonds is 7. The Kier molecular flexibility index (Phi) is 5.58. The van der Waals surface area contributed by atoms with Crippen LogP contribution < -0.4 is 19.1 Å². The summed E-state index contributed by atoms with van der Waals surface area (Å²) in [7, 11) is 0. The zero-order chi connectivity index (χ0) is 25.2. The summed E-state index contributed by atoms with van der Waals surface area (Å²) in [6.45, 7) is 11.3. The number of benzene rings is 1. The molecule has 1 spiro atoms. The molecular weight excluding hydrogens is 450 g/mol. The van der Waals surface area contributed by atoms with E-state index in [1.54, 1.807) is 13.0 Å². The van der Waals surface area contributed by atoms with Gasteiger partial charge in [0, 0.05) is 18.1 Å². The lowest BCUT2D eigenvalue weighted by Gasteiger charge is -2.43. The smallest absolute Gasteiger partial charge is 0.334 e. The average molecular weight is 486 g/mol. The summed E-state index contributed by atoms with van der Waals surface area (Å²) >= 11 is 0. The fourth-order valence-corrected chi connectivity index (χ4v) is 6.63. The zero-order valence-electron chi connectivity index (χ0n) is 21.1. The van der Waals surface area contributed by atoms with E-state index in [9.17, 15) is 14.7 Å². The third-order valence-electron chi connectivity index (χ3n) is 8.60. The number of carbonyl (C=O) groups excluding carboxylic acids is 2. The van der Waals surface area contributed by atoms with E-state index < -0.39 is 22.7 Å². The number of fused-ring (bicyclic) bond motifs is 4. The summed E-state index contributed by atoms with van der Waals surface area (Å²) in [4.78, 5) is 28.7. The molecule has 35 heavy (non-hydrogen) atoms. The lowest BCUT2D eigenvalue weighted by molar-refractivity contribution is -0.166. The lowest BCUT2D eigenvalue weighted by Crippen LogP contribution is -2.57. The predicted octanol–water partition coefficient (Wildman–Crippen LogP) is 3.29. The third kappa shape index (κ3) is 3.08. The molecule has 4 aliphatic rings. The fourth-order valence-electron chi connectivity index (χ4n) is 6.63. The topological polar surface area (TPSA) is 94.3 Å². The summed E-state index contributed by atoms with van der Waals surface area (Å²) < 4.78 is 23.7.